The molecule has 1 saturated carbocycles. The zero-order valence-corrected chi connectivity index (χ0v) is 13.0. The number of hydrogen-bond acceptors (Lipinski definition) is 2. The Morgan fingerprint density at radius 2 is 2.00 bits per heavy atom. The minimum atomic E-state index is -0.0810. The van der Waals surface area contributed by atoms with E-state index in [0.717, 1.165) is 38.6 Å². The first-order valence-corrected chi connectivity index (χ1v) is 7.79. The molecule has 2 unspecified atom stereocenters. The van der Waals surface area contributed by atoms with Gasteiger partial charge in [0, 0.05) is 12.6 Å². The van der Waals surface area contributed by atoms with E-state index in [2.05, 4.69) is 27.7 Å². The van der Waals surface area contributed by atoms with Gasteiger partial charge in [-0.3, -0.25) is 0 Å². The first-order chi connectivity index (χ1) is 8.85. The molecule has 19 heavy (non-hydrogen) atoms. The smallest absolute Gasteiger partial charge is 0.410 e. The first-order valence-electron chi connectivity index (χ1n) is 7.79. The van der Waals surface area contributed by atoms with Crippen molar-refractivity contribution in [1.29, 1.82) is 0 Å². The van der Waals surface area contributed by atoms with Crippen LogP contribution in [0.5, 0.6) is 0 Å². The summed E-state index contributed by atoms with van der Waals surface area (Å²) in [7, 11) is 0. The summed E-state index contributed by atoms with van der Waals surface area (Å²) in [4.78, 5) is 14.2. The van der Waals surface area contributed by atoms with Gasteiger partial charge in [-0.1, -0.05) is 40.5 Å². The number of unbranched alkanes of at least 4 members (excludes halogenated alkanes) is 2. The van der Waals surface area contributed by atoms with Crippen LogP contribution in [0.15, 0.2) is 0 Å². The number of amides is 1. The van der Waals surface area contributed by atoms with E-state index in [-0.39, 0.29) is 6.09 Å². The predicted molar refractivity (Wildman–Crippen MR) is 77.1 cm³/mol. The summed E-state index contributed by atoms with van der Waals surface area (Å²) >= 11 is 0. The highest BCUT2D eigenvalue weighted by Crippen LogP contribution is 2.52. The Kier molecular flexibility index (Phi) is 4.12. The van der Waals surface area contributed by atoms with E-state index in [1.165, 1.54) is 6.42 Å². The summed E-state index contributed by atoms with van der Waals surface area (Å²) in [5.41, 5.74) is 0.657. The summed E-state index contributed by atoms with van der Waals surface area (Å²) in [5.74, 6) is 0. The monoisotopic (exact) mass is 267 g/mol. The topological polar surface area (TPSA) is 29.5 Å². The van der Waals surface area contributed by atoms with Gasteiger partial charge in [-0.2, -0.15) is 0 Å². The van der Waals surface area contributed by atoms with Crippen molar-refractivity contribution in [2.45, 2.75) is 72.3 Å². The summed E-state index contributed by atoms with van der Waals surface area (Å²) < 4.78 is 5.44. The Morgan fingerprint density at radius 3 is 2.68 bits per heavy atom. The van der Waals surface area contributed by atoms with E-state index in [1.807, 2.05) is 4.90 Å². The third-order valence-electron chi connectivity index (χ3n) is 4.62. The molecule has 110 valence electrons. The van der Waals surface area contributed by atoms with Gasteiger partial charge in [0.15, 0.2) is 0 Å². The van der Waals surface area contributed by atoms with Gasteiger partial charge in [0.1, 0.15) is 0 Å². The maximum atomic E-state index is 12.2. The summed E-state index contributed by atoms with van der Waals surface area (Å²) in [5, 5.41) is 0. The van der Waals surface area contributed by atoms with E-state index >= 15 is 0 Å². The molecule has 2 atom stereocenters. The zero-order chi connectivity index (χ0) is 14.1. The summed E-state index contributed by atoms with van der Waals surface area (Å²) in [6, 6.07) is 0.396. The van der Waals surface area contributed by atoms with Crippen molar-refractivity contribution in [1.82, 2.24) is 4.90 Å². The van der Waals surface area contributed by atoms with Crippen LogP contribution in [0.4, 0.5) is 4.79 Å². The van der Waals surface area contributed by atoms with Crippen molar-refractivity contribution in [3.63, 3.8) is 0 Å². The maximum absolute atomic E-state index is 12.2. The summed E-state index contributed by atoms with van der Waals surface area (Å²) in [6.45, 7) is 10.6. The largest absolute Gasteiger partial charge is 0.449 e. The number of fused-ring (bicyclic) bond motifs is 2. The highest BCUT2D eigenvalue weighted by molar-refractivity contribution is 5.68. The number of ether oxygens (including phenoxy) is 1. The van der Waals surface area contributed by atoms with Gasteiger partial charge in [0.2, 0.25) is 0 Å². The lowest BCUT2D eigenvalue weighted by atomic mass is 9.65. The van der Waals surface area contributed by atoms with Crippen LogP contribution in [0.25, 0.3) is 0 Å². The van der Waals surface area contributed by atoms with Crippen molar-refractivity contribution in [2.24, 2.45) is 10.8 Å². The fourth-order valence-electron chi connectivity index (χ4n) is 4.27. The standard InChI is InChI=1S/C16H29NO2/c1-5-6-7-8-19-14(18)17-12-16(4)10-13(17)9-15(2,3)11-16/h13H,5-12H2,1-4H3. The average molecular weight is 267 g/mol. The lowest BCUT2D eigenvalue weighted by Crippen LogP contribution is -2.38. The minimum absolute atomic E-state index is 0.0810. The Hall–Kier alpha value is -0.730. The van der Waals surface area contributed by atoms with E-state index in [1.54, 1.807) is 0 Å². The molecular formula is C16H29NO2. The van der Waals surface area contributed by atoms with Gasteiger partial charge in [0.05, 0.1) is 6.61 Å². The first kappa shape index (κ1) is 14.7. The third kappa shape index (κ3) is 3.43. The lowest BCUT2D eigenvalue weighted by molar-refractivity contribution is 0.0889. The molecule has 0 aromatic rings. The molecule has 1 amide bonds. The predicted octanol–water partition coefficient (Wildman–Crippen LogP) is 4.21. The number of carbonyl (C=O) groups excluding carboxylic acids is 1. The molecule has 1 saturated heterocycles. The van der Waals surface area contributed by atoms with Crippen LogP contribution in [0.1, 0.15) is 66.2 Å². The van der Waals surface area contributed by atoms with Crippen LogP contribution in [0, 0.1) is 10.8 Å². The number of carbonyl (C=O) groups is 1. The minimum Gasteiger partial charge on any atom is -0.449 e. The normalized spacial score (nSPS) is 32.4. The molecular weight excluding hydrogens is 238 g/mol. The SMILES string of the molecule is CCCCCOC(=O)N1CC2(C)CC1CC(C)(C)C2. The van der Waals surface area contributed by atoms with Gasteiger partial charge in [0.25, 0.3) is 0 Å². The van der Waals surface area contributed by atoms with Crippen molar-refractivity contribution in [3.8, 4) is 0 Å². The molecule has 2 fully saturated rings. The number of nitrogens with zero attached hydrogens (tertiary/aromatic N) is 1. The van der Waals surface area contributed by atoms with Crippen molar-refractivity contribution >= 4 is 6.09 Å². The van der Waals surface area contributed by atoms with Crippen LogP contribution >= 0.6 is 0 Å². The van der Waals surface area contributed by atoms with Gasteiger partial charge in [-0.15, -0.1) is 0 Å². The van der Waals surface area contributed by atoms with Crippen LogP contribution in [0.2, 0.25) is 0 Å². The lowest BCUT2D eigenvalue weighted by Gasteiger charge is -2.39. The van der Waals surface area contributed by atoms with Crippen LogP contribution in [-0.2, 0) is 4.74 Å². The number of rotatable bonds is 4. The second-order valence-electron chi connectivity index (χ2n) is 7.66. The van der Waals surface area contributed by atoms with Gasteiger partial charge in [-0.25, -0.2) is 4.79 Å². The number of likely N-dealkylation sites (tertiary alicyclic amines) is 1. The van der Waals surface area contributed by atoms with Gasteiger partial charge >= 0.3 is 6.09 Å². The molecule has 3 nitrogen and oxygen atoms in total. The van der Waals surface area contributed by atoms with Crippen molar-refractivity contribution in [3.05, 3.63) is 0 Å². The number of hydrogen-bond donors (Lipinski definition) is 0. The zero-order valence-electron chi connectivity index (χ0n) is 13.0. The second-order valence-corrected chi connectivity index (χ2v) is 7.66. The molecule has 2 bridgehead atoms. The molecule has 2 aliphatic rings. The quantitative estimate of drug-likeness (QED) is 0.714. The fraction of sp³-hybridized carbons (Fsp3) is 0.938. The van der Waals surface area contributed by atoms with E-state index in [4.69, 9.17) is 4.74 Å². The summed E-state index contributed by atoms with van der Waals surface area (Å²) in [6.07, 6.45) is 6.70. The van der Waals surface area contributed by atoms with Crippen LogP contribution in [-0.4, -0.2) is 30.2 Å². The molecule has 0 spiro atoms. The Bertz CT molecular complexity index is 340. The molecule has 0 aromatic carbocycles. The van der Waals surface area contributed by atoms with Crippen LogP contribution in [0.3, 0.4) is 0 Å². The third-order valence-corrected chi connectivity index (χ3v) is 4.62. The fourth-order valence-corrected chi connectivity index (χ4v) is 4.27. The van der Waals surface area contributed by atoms with E-state index in [0.29, 0.717) is 23.5 Å². The molecule has 1 heterocycles. The Labute approximate surface area is 117 Å². The van der Waals surface area contributed by atoms with Crippen molar-refractivity contribution < 1.29 is 9.53 Å². The van der Waals surface area contributed by atoms with E-state index in [9.17, 15) is 4.79 Å². The molecule has 3 heteroatoms. The molecule has 1 aliphatic carbocycles. The van der Waals surface area contributed by atoms with Gasteiger partial charge < -0.3 is 9.64 Å². The Morgan fingerprint density at radius 1 is 1.26 bits per heavy atom. The van der Waals surface area contributed by atoms with Crippen LogP contribution < -0.4 is 0 Å². The maximum Gasteiger partial charge on any atom is 0.410 e. The van der Waals surface area contributed by atoms with E-state index < -0.39 is 0 Å². The highest BCUT2D eigenvalue weighted by atomic mass is 16.6. The Balaban J connectivity index is 1.90. The second kappa shape index (κ2) is 5.34. The average Bonchev–Trinajstić information content (AvgIpc) is 2.54. The van der Waals surface area contributed by atoms with Crippen molar-refractivity contribution in [2.75, 3.05) is 13.2 Å². The molecule has 2 rings (SSSR count). The molecule has 0 N–H and O–H groups in total. The molecule has 0 aromatic heterocycles. The highest BCUT2D eigenvalue weighted by Gasteiger charge is 2.51. The molecule has 0 radical (unpaired) electrons. The van der Waals surface area contributed by atoms with Gasteiger partial charge in [-0.05, 0) is 36.5 Å². The molecule has 1 aliphatic heterocycles.